The third-order valence-corrected chi connectivity index (χ3v) is 3.06. The Hall–Kier alpha value is -1.66. The molecule has 2 rings (SSSR count). The molecular formula is C13H18FN3O2. The van der Waals surface area contributed by atoms with Crippen molar-refractivity contribution < 1.29 is 14.3 Å². The number of nitrogens with one attached hydrogen (secondary N) is 2. The Morgan fingerprint density at radius 1 is 1.42 bits per heavy atom. The minimum Gasteiger partial charge on any atom is -0.395 e. The number of aliphatic hydroxyl groups is 1. The Balaban J connectivity index is 2.10. The van der Waals surface area contributed by atoms with Gasteiger partial charge >= 0.3 is 0 Å². The van der Waals surface area contributed by atoms with Crippen molar-refractivity contribution in [2.24, 2.45) is 0 Å². The molecule has 1 fully saturated rings. The molecule has 0 radical (unpaired) electrons. The van der Waals surface area contributed by atoms with Gasteiger partial charge in [-0.1, -0.05) is 0 Å². The summed E-state index contributed by atoms with van der Waals surface area (Å²) in [5.74, 6) is -0.765. The first-order chi connectivity index (χ1) is 9.22. The molecule has 1 heterocycles. The predicted octanol–water partition coefficient (Wildman–Crippen LogP) is -0.0426. The van der Waals surface area contributed by atoms with Crippen LogP contribution < -0.4 is 15.5 Å². The number of amides is 1. The topological polar surface area (TPSA) is 64.6 Å². The molecule has 1 saturated heterocycles. The number of aliphatic hydroxyl groups excluding tert-OH is 1. The highest BCUT2D eigenvalue weighted by atomic mass is 19.1. The van der Waals surface area contributed by atoms with Gasteiger partial charge in [-0.3, -0.25) is 4.79 Å². The predicted molar refractivity (Wildman–Crippen MR) is 70.9 cm³/mol. The lowest BCUT2D eigenvalue weighted by atomic mass is 10.1. The Bertz CT molecular complexity index is 448. The maximum absolute atomic E-state index is 14.0. The van der Waals surface area contributed by atoms with E-state index in [1.54, 1.807) is 12.1 Å². The second kappa shape index (κ2) is 6.49. The first kappa shape index (κ1) is 13.8. The minimum absolute atomic E-state index is 0.132. The second-order valence-electron chi connectivity index (χ2n) is 4.38. The van der Waals surface area contributed by atoms with Crippen LogP contribution in [0.4, 0.5) is 10.1 Å². The second-order valence-corrected chi connectivity index (χ2v) is 4.38. The lowest BCUT2D eigenvalue weighted by Gasteiger charge is -2.29. The van der Waals surface area contributed by atoms with Gasteiger partial charge in [0.15, 0.2) is 0 Å². The van der Waals surface area contributed by atoms with Crippen LogP contribution in [0.15, 0.2) is 18.2 Å². The highest BCUT2D eigenvalue weighted by Gasteiger charge is 2.16. The quantitative estimate of drug-likeness (QED) is 0.716. The molecule has 1 aromatic rings. The summed E-state index contributed by atoms with van der Waals surface area (Å²) >= 11 is 0. The highest BCUT2D eigenvalue weighted by Crippen LogP contribution is 2.20. The van der Waals surface area contributed by atoms with Crippen molar-refractivity contribution in [2.45, 2.75) is 0 Å². The number of anilines is 1. The van der Waals surface area contributed by atoms with E-state index in [0.717, 1.165) is 26.2 Å². The van der Waals surface area contributed by atoms with Crippen LogP contribution in [-0.2, 0) is 0 Å². The summed E-state index contributed by atoms with van der Waals surface area (Å²) in [4.78, 5) is 13.6. The van der Waals surface area contributed by atoms with Gasteiger partial charge in [-0.2, -0.15) is 0 Å². The monoisotopic (exact) mass is 267 g/mol. The maximum Gasteiger partial charge on any atom is 0.251 e. The molecule has 0 aliphatic carbocycles. The zero-order valence-electron chi connectivity index (χ0n) is 10.7. The highest BCUT2D eigenvalue weighted by molar-refractivity contribution is 5.94. The van der Waals surface area contributed by atoms with Crippen LogP contribution in [0.1, 0.15) is 10.4 Å². The van der Waals surface area contributed by atoms with Crippen LogP contribution >= 0.6 is 0 Å². The zero-order valence-corrected chi connectivity index (χ0v) is 10.7. The van der Waals surface area contributed by atoms with E-state index in [4.69, 9.17) is 5.11 Å². The zero-order chi connectivity index (χ0) is 13.7. The van der Waals surface area contributed by atoms with Crippen LogP contribution in [0, 0.1) is 5.82 Å². The van der Waals surface area contributed by atoms with Crippen molar-refractivity contribution in [1.82, 2.24) is 10.6 Å². The molecule has 104 valence electrons. The van der Waals surface area contributed by atoms with Gasteiger partial charge in [-0.15, -0.1) is 0 Å². The van der Waals surface area contributed by atoms with Crippen molar-refractivity contribution in [3.05, 3.63) is 29.6 Å². The molecule has 0 atom stereocenters. The van der Waals surface area contributed by atoms with Crippen molar-refractivity contribution in [2.75, 3.05) is 44.2 Å². The van der Waals surface area contributed by atoms with Gasteiger partial charge in [-0.05, 0) is 18.2 Å². The van der Waals surface area contributed by atoms with Gasteiger partial charge in [0, 0.05) is 38.3 Å². The molecule has 0 bridgehead atoms. The van der Waals surface area contributed by atoms with Crippen molar-refractivity contribution in [3.8, 4) is 0 Å². The molecule has 0 aromatic heterocycles. The molecule has 0 unspecified atom stereocenters. The summed E-state index contributed by atoms with van der Waals surface area (Å²) in [7, 11) is 0. The Kier molecular flexibility index (Phi) is 4.70. The molecule has 1 aromatic carbocycles. The van der Waals surface area contributed by atoms with E-state index in [1.807, 2.05) is 4.90 Å². The maximum atomic E-state index is 14.0. The number of rotatable bonds is 4. The first-order valence-corrected chi connectivity index (χ1v) is 6.36. The third kappa shape index (κ3) is 3.42. The van der Waals surface area contributed by atoms with E-state index in [0.29, 0.717) is 5.69 Å². The fourth-order valence-corrected chi connectivity index (χ4v) is 2.08. The van der Waals surface area contributed by atoms with Crippen LogP contribution in [0.3, 0.4) is 0 Å². The molecule has 1 aliphatic heterocycles. The van der Waals surface area contributed by atoms with Crippen LogP contribution in [0.25, 0.3) is 0 Å². The summed E-state index contributed by atoms with van der Waals surface area (Å²) in [6, 6.07) is 4.48. The third-order valence-electron chi connectivity index (χ3n) is 3.06. The number of halogens is 1. The summed E-state index contributed by atoms with van der Waals surface area (Å²) in [5.41, 5.74) is 0.796. The van der Waals surface area contributed by atoms with Crippen LogP contribution in [0.2, 0.25) is 0 Å². The van der Waals surface area contributed by atoms with E-state index < -0.39 is 5.82 Å². The lowest BCUT2D eigenvalue weighted by molar-refractivity contribution is 0.0944. The van der Waals surface area contributed by atoms with Crippen molar-refractivity contribution >= 4 is 11.6 Å². The molecule has 5 nitrogen and oxygen atoms in total. The first-order valence-electron chi connectivity index (χ1n) is 6.36. The Morgan fingerprint density at radius 3 is 2.79 bits per heavy atom. The molecule has 19 heavy (non-hydrogen) atoms. The Labute approximate surface area is 111 Å². The number of carbonyl (C=O) groups excluding carboxylic acids is 1. The number of piperazine rings is 1. The standard InChI is InChI=1S/C13H18FN3O2/c14-11-9-10(13(19)16-5-8-18)1-2-12(11)17-6-3-15-4-7-17/h1-2,9,15,18H,3-8H2,(H,16,19). The van der Waals surface area contributed by atoms with Gasteiger partial charge in [0.2, 0.25) is 0 Å². The fraction of sp³-hybridized carbons (Fsp3) is 0.462. The fourth-order valence-electron chi connectivity index (χ4n) is 2.08. The number of nitrogens with zero attached hydrogens (tertiary/aromatic N) is 1. The number of hydrogen-bond acceptors (Lipinski definition) is 4. The van der Waals surface area contributed by atoms with Crippen molar-refractivity contribution in [3.63, 3.8) is 0 Å². The van der Waals surface area contributed by atoms with Gasteiger partial charge in [0.25, 0.3) is 5.91 Å². The SMILES string of the molecule is O=C(NCCO)c1ccc(N2CCNCC2)c(F)c1. The normalized spacial score (nSPS) is 15.4. The molecule has 1 aliphatic rings. The molecule has 3 N–H and O–H groups in total. The van der Waals surface area contributed by atoms with Gasteiger partial charge < -0.3 is 20.6 Å². The minimum atomic E-state index is -0.390. The van der Waals surface area contributed by atoms with Gasteiger partial charge in [-0.25, -0.2) is 4.39 Å². The summed E-state index contributed by atoms with van der Waals surface area (Å²) in [6.07, 6.45) is 0. The molecule has 0 saturated carbocycles. The Morgan fingerprint density at radius 2 is 2.16 bits per heavy atom. The number of benzene rings is 1. The van der Waals surface area contributed by atoms with E-state index in [1.165, 1.54) is 6.07 Å². The number of hydrogen-bond donors (Lipinski definition) is 3. The average molecular weight is 267 g/mol. The molecule has 6 heteroatoms. The summed E-state index contributed by atoms with van der Waals surface area (Å²) < 4.78 is 14.0. The molecule has 0 spiro atoms. The molecular weight excluding hydrogens is 249 g/mol. The smallest absolute Gasteiger partial charge is 0.251 e. The van der Waals surface area contributed by atoms with E-state index in [9.17, 15) is 9.18 Å². The number of carbonyl (C=O) groups is 1. The summed E-state index contributed by atoms with van der Waals surface area (Å²) in [5, 5.41) is 14.3. The lowest BCUT2D eigenvalue weighted by Crippen LogP contribution is -2.43. The van der Waals surface area contributed by atoms with Gasteiger partial charge in [0.05, 0.1) is 12.3 Å². The average Bonchev–Trinajstić information content (AvgIpc) is 2.45. The van der Waals surface area contributed by atoms with Gasteiger partial charge in [0.1, 0.15) is 5.82 Å². The van der Waals surface area contributed by atoms with Crippen LogP contribution in [-0.4, -0.2) is 50.3 Å². The van der Waals surface area contributed by atoms with Crippen molar-refractivity contribution in [1.29, 1.82) is 0 Å². The largest absolute Gasteiger partial charge is 0.395 e. The van der Waals surface area contributed by atoms with E-state index in [-0.39, 0.29) is 24.6 Å². The van der Waals surface area contributed by atoms with Crippen LogP contribution in [0.5, 0.6) is 0 Å². The molecule has 1 amide bonds. The summed E-state index contributed by atoms with van der Waals surface area (Å²) in [6.45, 7) is 3.21. The van der Waals surface area contributed by atoms with E-state index in [2.05, 4.69) is 10.6 Å². The van der Waals surface area contributed by atoms with E-state index >= 15 is 0 Å².